The van der Waals surface area contributed by atoms with Crippen LogP contribution in [0.25, 0.3) is 10.9 Å². The van der Waals surface area contributed by atoms with Gasteiger partial charge in [0.2, 0.25) is 0 Å². The lowest BCUT2D eigenvalue weighted by Gasteiger charge is -2.18. The molecular formula is C21H17N3O3S. The Balaban J connectivity index is 1.43. The van der Waals surface area contributed by atoms with E-state index in [1.165, 1.54) is 0 Å². The van der Waals surface area contributed by atoms with Crippen LogP contribution < -0.4 is 5.32 Å². The number of rotatable bonds is 6. The Morgan fingerprint density at radius 2 is 1.82 bits per heavy atom. The van der Waals surface area contributed by atoms with Gasteiger partial charge in [-0.05, 0) is 23.1 Å². The van der Waals surface area contributed by atoms with Gasteiger partial charge < -0.3 is 10.1 Å². The summed E-state index contributed by atoms with van der Waals surface area (Å²) in [6.45, 7) is -0.380. The highest BCUT2D eigenvalue weighted by molar-refractivity contribution is 7.10. The number of fused-ring (bicyclic) bond motifs is 1. The third kappa shape index (κ3) is 3.79. The number of aromatic amines is 1. The minimum absolute atomic E-state index is 0.168. The molecule has 0 bridgehead atoms. The molecule has 1 atom stereocenters. The molecule has 0 saturated heterocycles. The number of carbonyl (C=O) groups excluding carboxylic acids is 2. The number of H-pyrrole nitrogens is 1. The molecule has 2 aromatic heterocycles. The predicted molar refractivity (Wildman–Crippen MR) is 107 cm³/mol. The summed E-state index contributed by atoms with van der Waals surface area (Å²) < 4.78 is 5.18. The Bertz CT molecular complexity index is 1090. The van der Waals surface area contributed by atoms with Crippen LogP contribution in [0.5, 0.6) is 0 Å². The Hall–Kier alpha value is -3.45. The molecule has 140 valence electrons. The van der Waals surface area contributed by atoms with Crippen molar-refractivity contribution in [2.24, 2.45) is 0 Å². The van der Waals surface area contributed by atoms with Crippen LogP contribution in [0.3, 0.4) is 0 Å². The molecule has 0 saturated carbocycles. The average molecular weight is 391 g/mol. The first kappa shape index (κ1) is 17.9. The highest BCUT2D eigenvalue weighted by atomic mass is 32.1. The van der Waals surface area contributed by atoms with Crippen LogP contribution in [0, 0.1) is 0 Å². The van der Waals surface area contributed by atoms with Gasteiger partial charge in [0.25, 0.3) is 5.91 Å². The highest BCUT2D eigenvalue weighted by Gasteiger charge is 2.20. The van der Waals surface area contributed by atoms with Crippen molar-refractivity contribution in [3.05, 3.63) is 88.2 Å². The number of ether oxygens (including phenoxy) is 1. The molecule has 0 aliphatic carbocycles. The van der Waals surface area contributed by atoms with Crippen LogP contribution >= 0.6 is 11.3 Å². The second kappa shape index (κ2) is 8.06. The Morgan fingerprint density at radius 3 is 2.61 bits per heavy atom. The van der Waals surface area contributed by atoms with Gasteiger partial charge in [-0.3, -0.25) is 9.89 Å². The van der Waals surface area contributed by atoms with E-state index in [9.17, 15) is 9.59 Å². The average Bonchev–Trinajstić information content (AvgIpc) is 3.41. The molecular weight excluding hydrogens is 374 g/mol. The molecule has 1 amide bonds. The zero-order chi connectivity index (χ0) is 19.3. The summed E-state index contributed by atoms with van der Waals surface area (Å²) in [5.74, 6) is -1.02. The van der Waals surface area contributed by atoms with Gasteiger partial charge in [-0.2, -0.15) is 5.10 Å². The van der Waals surface area contributed by atoms with Gasteiger partial charge in [0.15, 0.2) is 12.3 Å². The fourth-order valence-electron chi connectivity index (χ4n) is 2.94. The second-order valence-electron chi connectivity index (χ2n) is 6.12. The van der Waals surface area contributed by atoms with Gasteiger partial charge in [0.1, 0.15) is 0 Å². The number of nitrogens with one attached hydrogen (secondary N) is 2. The third-order valence-electron chi connectivity index (χ3n) is 4.26. The van der Waals surface area contributed by atoms with Crippen LogP contribution in [0.2, 0.25) is 0 Å². The van der Waals surface area contributed by atoms with Crippen LogP contribution in [-0.2, 0) is 9.53 Å². The number of aromatic nitrogens is 2. The molecule has 0 radical (unpaired) electrons. The predicted octanol–water partition coefficient (Wildman–Crippen LogP) is 3.69. The Labute approximate surface area is 165 Å². The Morgan fingerprint density at radius 1 is 1.04 bits per heavy atom. The maximum atomic E-state index is 12.4. The summed E-state index contributed by atoms with van der Waals surface area (Å²) in [6, 6.07) is 20.5. The maximum Gasteiger partial charge on any atom is 0.359 e. The summed E-state index contributed by atoms with van der Waals surface area (Å²) >= 11 is 1.56. The van der Waals surface area contributed by atoms with Crippen LogP contribution in [-0.4, -0.2) is 28.7 Å². The third-order valence-corrected chi connectivity index (χ3v) is 5.20. The summed E-state index contributed by atoms with van der Waals surface area (Å²) in [5.41, 5.74) is 1.87. The lowest BCUT2D eigenvalue weighted by atomic mass is 10.1. The number of esters is 1. The molecule has 28 heavy (non-hydrogen) atoms. The standard InChI is InChI=1S/C21H17N3O3S/c25-18(13-27-21(26)20-15-9-4-5-10-16(15)23-24-20)22-19(17-11-6-12-28-17)14-7-2-1-3-8-14/h1-12,19H,13H2,(H,22,25)(H,23,24). The number of amides is 1. The molecule has 0 aliphatic heterocycles. The van der Waals surface area contributed by atoms with Crippen LogP contribution in [0.4, 0.5) is 0 Å². The minimum atomic E-state index is -0.639. The van der Waals surface area contributed by atoms with E-state index in [-0.39, 0.29) is 24.2 Å². The first-order valence-corrected chi connectivity index (χ1v) is 9.58. The van der Waals surface area contributed by atoms with Crippen molar-refractivity contribution >= 4 is 34.1 Å². The number of hydrogen-bond donors (Lipinski definition) is 2. The van der Waals surface area contributed by atoms with E-state index in [0.717, 1.165) is 16.0 Å². The maximum absolute atomic E-state index is 12.4. The van der Waals surface area contributed by atoms with Gasteiger partial charge in [0.05, 0.1) is 11.6 Å². The summed E-state index contributed by atoms with van der Waals surface area (Å²) in [7, 11) is 0. The van der Waals surface area contributed by atoms with E-state index in [4.69, 9.17) is 4.74 Å². The second-order valence-corrected chi connectivity index (χ2v) is 7.10. The highest BCUT2D eigenvalue weighted by Crippen LogP contribution is 2.25. The molecule has 6 nitrogen and oxygen atoms in total. The van der Waals surface area contributed by atoms with Gasteiger partial charge in [-0.15, -0.1) is 11.3 Å². The largest absolute Gasteiger partial charge is 0.451 e. The lowest BCUT2D eigenvalue weighted by Crippen LogP contribution is -2.32. The molecule has 4 aromatic rings. The molecule has 0 fully saturated rings. The number of carbonyl (C=O) groups is 2. The minimum Gasteiger partial charge on any atom is -0.451 e. The van der Waals surface area contributed by atoms with Crippen molar-refractivity contribution in [3.8, 4) is 0 Å². The Kier molecular flexibility index (Phi) is 5.16. The van der Waals surface area contributed by atoms with Crippen molar-refractivity contribution in [3.63, 3.8) is 0 Å². The number of nitrogens with zero attached hydrogens (tertiary/aromatic N) is 1. The molecule has 7 heteroatoms. The topological polar surface area (TPSA) is 84.1 Å². The molecule has 0 spiro atoms. The first-order valence-electron chi connectivity index (χ1n) is 8.70. The van der Waals surface area contributed by atoms with E-state index in [2.05, 4.69) is 15.5 Å². The van der Waals surface area contributed by atoms with E-state index in [1.807, 2.05) is 66.0 Å². The number of hydrogen-bond acceptors (Lipinski definition) is 5. The smallest absolute Gasteiger partial charge is 0.359 e. The summed E-state index contributed by atoms with van der Waals surface area (Å²) in [6.07, 6.45) is 0. The fourth-order valence-corrected chi connectivity index (χ4v) is 3.74. The molecule has 4 rings (SSSR count). The van der Waals surface area contributed by atoms with Crippen molar-refractivity contribution in [1.82, 2.24) is 15.5 Å². The SMILES string of the molecule is O=C(COC(=O)c1n[nH]c2ccccc12)NC(c1ccccc1)c1cccs1. The fraction of sp³-hybridized carbons (Fsp3) is 0.0952. The van der Waals surface area contributed by atoms with Crippen molar-refractivity contribution < 1.29 is 14.3 Å². The van der Waals surface area contributed by atoms with Gasteiger partial charge in [0, 0.05) is 10.3 Å². The summed E-state index contributed by atoms with van der Waals surface area (Å²) in [4.78, 5) is 25.8. The van der Waals surface area contributed by atoms with E-state index in [1.54, 1.807) is 17.4 Å². The molecule has 2 heterocycles. The van der Waals surface area contributed by atoms with Crippen molar-refractivity contribution in [2.75, 3.05) is 6.61 Å². The first-order chi connectivity index (χ1) is 13.7. The van der Waals surface area contributed by atoms with Crippen LogP contribution in [0.1, 0.15) is 27.0 Å². The lowest BCUT2D eigenvalue weighted by molar-refractivity contribution is -0.124. The van der Waals surface area contributed by atoms with Crippen molar-refractivity contribution in [2.45, 2.75) is 6.04 Å². The number of para-hydroxylation sites is 1. The number of thiophene rings is 1. The molecule has 2 N–H and O–H groups in total. The number of benzene rings is 2. The van der Waals surface area contributed by atoms with E-state index >= 15 is 0 Å². The zero-order valence-corrected chi connectivity index (χ0v) is 15.6. The zero-order valence-electron chi connectivity index (χ0n) is 14.8. The quantitative estimate of drug-likeness (QED) is 0.491. The molecule has 1 unspecified atom stereocenters. The summed E-state index contributed by atoms with van der Waals surface area (Å²) in [5, 5.41) is 12.3. The van der Waals surface area contributed by atoms with E-state index < -0.39 is 5.97 Å². The van der Waals surface area contributed by atoms with Crippen LogP contribution in [0.15, 0.2) is 72.1 Å². The van der Waals surface area contributed by atoms with Gasteiger partial charge in [-0.1, -0.05) is 54.6 Å². The monoisotopic (exact) mass is 391 g/mol. The molecule has 0 aliphatic rings. The van der Waals surface area contributed by atoms with Gasteiger partial charge in [-0.25, -0.2) is 4.79 Å². The van der Waals surface area contributed by atoms with Crippen molar-refractivity contribution in [1.29, 1.82) is 0 Å². The molecule has 2 aromatic carbocycles. The normalized spacial score (nSPS) is 11.9. The van der Waals surface area contributed by atoms with E-state index in [0.29, 0.717) is 5.39 Å². The van der Waals surface area contributed by atoms with Gasteiger partial charge >= 0.3 is 5.97 Å².